The Bertz CT molecular complexity index is 639. The van der Waals surface area contributed by atoms with Gasteiger partial charge in [-0.3, -0.25) is 4.98 Å². The zero-order valence-corrected chi connectivity index (χ0v) is 13.0. The van der Waals surface area contributed by atoms with Crippen molar-refractivity contribution in [2.45, 2.75) is 18.8 Å². The molecule has 1 aromatic heterocycles. The number of aliphatic hydroxyl groups is 2. The van der Waals surface area contributed by atoms with E-state index < -0.39 is 18.3 Å². The van der Waals surface area contributed by atoms with Crippen LogP contribution < -0.4 is 5.32 Å². The number of aromatic nitrogens is 1. The fourth-order valence-electron chi connectivity index (χ4n) is 1.89. The SMILES string of the molecule is O=C(NCC(O)C(O)c1cnccc1Cl)OCc1ccccc1. The molecule has 0 bridgehead atoms. The molecule has 0 radical (unpaired) electrons. The largest absolute Gasteiger partial charge is 0.445 e. The molecule has 2 aromatic rings. The number of rotatable bonds is 6. The number of benzene rings is 1. The highest BCUT2D eigenvalue weighted by Gasteiger charge is 2.21. The Balaban J connectivity index is 1.78. The Morgan fingerprint density at radius 1 is 1.26 bits per heavy atom. The van der Waals surface area contributed by atoms with Crippen molar-refractivity contribution in [3.63, 3.8) is 0 Å². The number of carbonyl (C=O) groups is 1. The lowest BCUT2D eigenvalue weighted by molar-refractivity contribution is 0.0183. The number of alkyl carbamates (subject to hydrolysis) is 1. The monoisotopic (exact) mass is 336 g/mol. The summed E-state index contributed by atoms with van der Waals surface area (Å²) in [5.41, 5.74) is 1.14. The third-order valence-corrected chi connectivity index (χ3v) is 3.49. The molecule has 0 saturated heterocycles. The summed E-state index contributed by atoms with van der Waals surface area (Å²) in [7, 11) is 0. The summed E-state index contributed by atoms with van der Waals surface area (Å²) >= 11 is 5.92. The van der Waals surface area contributed by atoms with Crippen LogP contribution in [0.25, 0.3) is 0 Å². The molecule has 7 heteroatoms. The average molecular weight is 337 g/mol. The Kier molecular flexibility index (Phi) is 6.34. The number of nitrogens with zero attached hydrogens (tertiary/aromatic N) is 1. The molecular weight excluding hydrogens is 320 g/mol. The Labute approximate surface area is 138 Å². The van der Waals surface area contributed by atoms with Gasteiger partial charge in [0.2, 0.25) is 0 Å². The smallest absolute Gasteiger partial charge is 0.407 e. The number of hydrogen-bond donors (Lipinski definition) is 3. The lowest BCUT2D eigenvalue weighted by Crippen LogP contribution is -2.35. The lowest BCUT2D eigenvalue weighted by Gasteiger charge is -2.19. The van der Waals surface area contributed by atoms with E-state index >= 15 is 0 Å². The first kappa shape index (κ1) is 17.2. The maximum absolute atomic E-state index is 11.6. The molecule has 6 nitrogen and oxygen atoms in total. The van der Waals surface area contributed by atoms with E-state index in [1.54, 1.807) is 0 Å². The third-order valence-electron chi connectivity index (χ3n) is 3.15. The standard InChI is InChI=1S/C16H17ClN2O4/c17-13-6-7-18-8-12(13)15(21)14(20)9-19-16(22)23-10-11-4-2-1-3-5-11/h1-8,14-15,20-21H,9-10H2,(H,19,22). The molecule has 2 rings (SSSR count). The molecule has 122 valence electrons. The van der Waals surface area contributed by atoms with Crippen molar-refractivity contribution in [3.8, 4) is 0 Å². The van der Waals surface area contributed by atoms with Crippen LogP contribution in [-0.4, -0.2) is 33.9 Å². The van der Waals surface area contributed by atoms with Crippen molar-refractivity contribution in [2.75, 3.05) is 6.54 Å². The first-order valence-corrected chi connectivity index (χ1v) is 7.36. The first-order chi connectivity index (χ1) is 11.1. The van der Waals surface area contributed by atoms with Crippen LogP contribution >= 0.6 is 11.6 Å². The van der Waals surface area contributed by atoms with Crippen LogP contribution in [0.1, 0.15) is 17.2 Å². The highest BCUT2D eigenvalue weighted by atomic mass is 35.5. The molecule has 1 amide bonds. The first-order valence-electron chi connectivity index (χ1n) is 6.98. The van der Waals surface area contributed by atoms with Gasteiger partial charge in [0.15, 0.2) is 0 Å². The van der Waals surface area contributed by atoms with Crippen molar-refractivity contribution in [1.82, 2.24) is 10.3 Å². The third kappa shape index (κ3) is 5.21. The number of carbonyl (C=O) groups excluding carboxylic acids is 1. The fraction of sp³-hybridized carbons (Fsp3) is 0.250. The molecule has 0 aliphatic heterocycles. The van der Waals surface area contributed by atoms with E-state index in [1.165, 1.54) is 18.5 Å². The van der Waals surface area contributed by atoms with Gasteiger partial charge in [0, 0.05) is 29.5 Å². The second-order valence-electron chi connectivity index (χ2n) is 4.85. The van der Waals surface area contributed by atoms with Crippen molar-refractivity contribution in [3.05, 3.63) is 64.9 Å². The predicted octanol–water partition coefficient (Wildman–Crippen LogP) is 2.06. The number of pyridine rings is 1. The van der Waals surface area contributed by atoms with E-state index in [4.69, 9.17) is 16.3 Å². The second-order valence-corrected chi connectivity index (χ2v) is 5.26. The number of ether oxygens (including phenoxy) is 1. The average Bonchev–Trinajstić information content (AvgIpc) is 2.58. The molecule has 0 aliphatic rings. The van der Waals surface area contributed by atoms with Crippen LogP contribution in [0.4, 0.5) is 4.79 Å². The van der Waals surface area contributed by atoms with E-state index in [0.717, 1.165) is 5.56 Å². The summed E-state index contributed by atoms with van der Waals surface area (Å²) in [6.45, 7) is -0.0558. The van der Waals surface area contributed by atoms with Crippen LogP contribution in [0.15, 0.2) is 48.8 Å². The lowest BCUT2D eigenvalue weighted by atomic mass is 10.1. The number of aliphatic hydroxyl groups excluding tert-OH is 2. The Hall–Kier alpha value is -2.15. The van der Waals surface area contributed by atoms with E-state index in [1.807, 2.05) is 30.3 Å². The summed E-state index contributed by atoms with van der Waals surface area (Å²) in [5, 5.41) is 22.6. The van der Waals surface area contributed by atoms with Gasteiger partial charge >= 0.3 is 6.09 Å². The molecule has 1 aromatic carbocycles. The number of nitrogens with one attached hydrogen (secondary N) is 1. The van der Waals surface area contributed by atoms with Crippen molar-refractivity contribution in [2.24, 2.45) is 0 Å². The molecule has 0 aliphatic carbocycles. The molecule has 0 saturated carbocycles. The van der Waals surface area contributed by atoms with Crippen molar-refractivity contribution >= 4 is 17.7 Å². The molecule has 0 spiro atoms. The van der Waals surface area contributed by atoms with E-state index in [9.17, 15) is 15.0 Å². The van der Waals surface area contributed by atoms with Crippen LogP contribution in [-0.2, 0) is 11.3 Å². The van der Waals surface area contributed by atoms with Gasteiger partial charge in [-0.25, -0.2) is 4.79 Å². The van der Waals surface area contributed by atoms with Crippen LogP contribution in [0.2, 0.25) is 5.02 Å². The number of amides is 1. The topological polar surface area (TPSA) is 91.7 Å². The minimum atomic E-state index is -1.26. The number of hydrogen-bond acceptors (Lipinski definition) is 5. The summed E-state index contributed by atoms with van der Waals surface area (Å²) in [4.78, 5) is 15.4. The minimum absolute atomic E-state index is 0.125. The summed E-state index contributed by atoms with van der Waals surface area (Å²) < 4.78 is 5.01. The van der Waals surface area contributed by atoms with Gasteiger partial charge in [-0.15, -0.1) is 0 Å². The van der Waals surface area contributed by atoms with Gasteiger partial charge in [-0.05, 0) is 11.6 Å². The molecule has 1 heterocycles. The van der Waals surface area contributed by atoms with Crippen molar-refractivity contribution < 1.29 is 19.7 Å². The zero-order chi connectivity index (χ0) is 16.7. The minimum Gasteiger partial charge on any atom is -0.445 e. The Morgan fingerprint density at radius 2 is 2.00 bits per heavy atom. The quantitative estimate of drug-likeness (QED) is 0.751. The molecule has 3 N–H and O–H groups in total. The predicted molar refractivity (Wildman–Crippen MR) is 84.8 cm³/mol. The summed E-state index contributed by atoms with van der Waals surface area (Å²) in [6, 6.07) is 10.7. The van der Waals surface area contributed by atoms with Gasteiger partial charge in [-0.2, -0.15) is 0 Å². The normalized spacial score (nSPS) is 13.2. The molecule has 2 atom stereocenters. The van der Waals surface area contributed by atoms with Crippen LogP contribution in [0.5, 0.6) is 0 Å². The van der Waals surface area contributed by atoms with Gasteiger partial charge in [-0.1, -0.05) is 41.9 Å². The molecular formula is C16H17ClN2O4. The fourth-order valence-corrected chi connectivity index (χ4v) is 2.11. The van der Waals surface area contributed by atoms with Gasteiger partial charge in [0.1, 0.15) is 18.8 Å². The van der Waals surface area contributed by atoms with Gasteiger partial charge < -0.3 is 20.3 Å². The maximum Gasteiger partial charge on any atom is 0.407 e. The number of halogens is 1. The Morgan fingerprint density at radius 3 is 2.70 bits per heavy atom. The van der Waals surface area contributed by atoms with Crippen LogP contribution in [0.3, 0.4) is 0 Å². The zero-order valence-electron chi connectivity index (χ0n) is 12.2. The van der Waals surface area contributed by atoms with Crippen LogP contribution in [0, 0.1) is 0 Å². The highest BCUT2D eigenvalue weighted by Crippen LogP contribution is 2.23. The summed E-state index contributed by atoms with van der Waals surface area (Å²) in [6.07, 6.45) is -0.336. The van der Waals surface area contributed by atoms with Gasteiger partial charge in [0.05, 0.1) is 0 Å². The second kappa shape index (κ2) is 8.47. The molecule has 2 unspecified atom stereocenters. The summed E-state index contributed by atoms with van der Waals surface area (Å²) in [5.74, 6) is 0. The highest BCUT2D eigenvalue weighted by molar-refractivity contribution is 6.31. The van der Waals surface area contributed by atoms with Crippen molar-refractivity contribution in [1.29, 1.82) is 0 Å². The van der Waals surface area contributed by atoms with E-state index in [2.05, 4.69) is 10.3 Å². The van der Waals surface area contributed by atoms with E-state index in [0.29, 0.717) is 10.6 Å². The molecule has 0 fully saturated rings. The van der Waals surface area contributed by atoms with Gasteiger partial charge in [0.25, 0.3) is 0 Å². The maximum atomic E-state index is 11.6. The van der Waals surface area contributed by atoms with E-state index in [-0.39, 0.29) is 13.2 Å². The molecule has 23 heavy (non-hydrogen) atoms.